The molecule has 0 fully saturated rings. The highest BCUT2D eigenvalue weighted by Crippen LogP contribution is 2.29. The van der Waals surface area contributed by atoms with Crippen LogP contribution >= 0.6 is 0 Å². The molecule has 0 aliphatic carbocycles. The minimum atomic E-state index is -0.151. The number of aromatic nitrogens is 1. The van der Waals surface area contributed by atoms with Crippen molar-refractivity contribution in [3.8, 4) is 0 Å². The van der Waals surface area contributed by atoms with Gasteiger partial charge in [0.25, 0.3) is 0 Å². The van der Waals surface area contributed by atoms with Crippen LogP contribution in [0.2, 0.25) is 0 Å². The predicted octanol–water partition coefficient (Wildman–Crippen LogP) is 1.82. The molecule has 0 saturated heterocycles. The minimum absolute atomic E-state index is 0.0590. The molecule has 1 aromatic heterocycles. The van der Waals surface area contributed by atoms with Gasteiger partial charge >= 0.3 is 5.97 Å². The summed E-state index contributed by atoms with van der Waals surface area (Å²) in [6.45, 7) is 2.00. The largest absolute Gasteiger partial charge is 0.469 e. The molecule has 1 rings (SSSR count). The monoisotopic (exact) mass is 224 g/mol. The number of rotatable bonds is 5. The van der Waals surface area contributed by atoms with Gasteiger partial charge in [-0.15, -0.1) is 0 Å². The van der Waals surface area contributed by atoms with Crippen LogP contribution in [0.5, 0.6) is 0 Å². The third-order valence-corrected chi connectivity index (χ3v) is 2.84. The van der Waals surface area contributed by atoms with Gasteiger partial charge in [-0.25, -0.2) is 0 Å². The minimum Gasteiger partial charge on any atom is -0.469 e. The van der Waals surface area contributed by atoms with E-state index in [2.05, 4.69) is 4.98 Å². The first-order valence-corrected chi connectivity index (χ1v) is 5.48. The number of hydrogen-bond acceptors (Lipinski definition) is 3. The molecule has 0 amide bonds. The maximum atomic E-state index is 11.7. The van der Waals surface area contributed by atoms with Crippen molar-refractivity contribution in [3.05, 3.63) is 24.0 Å². The molecule has 0 saturated carbocycles. The summed E-state index contributed by atoms with van der Waals surface area (Å²) in [6, 6.07) is 2.06. The summed E-state index contributed by atoms with van der Waals surface area (Å²) in [7, 11) is 5.39. The lowest BCUT2D eigenvalue weighted by Crippen LogP contribution is -2.32. The molecule has 0 spiro atoms. The second kappa shape index (κ2) is 5.70. The second-order valence-corrected chi connectivity index (χ2v) is 4.09. The number of ether oxygens (including phenoxy) is 1. The molecule has 0 bridgehead atoms. The molecule has 1 N–H and O–H groups in total. The number of carbonyl (C=O) groups excluding carboxylic acids is 1. The van der Waals surface area contributed by atoms with Gasteiger partial charge in [-0.1, -0.05) is 6.92 Å². The van der Waals surface area contributed by atoms with Crippen molar-refractivity contribution in [3.63, 3.8) is 0 Å². The van der Waals surface area contributed by atoms with Crippen molar-refractivity contribution in [2.45, 2.75) is 19.4 Å². The van der Waals surface area contributed by atoms with Crippen molar-refractivity contribution < 1.29 is 9.53 Å². The molecule has 16 heavy (non-hydrogen) atoms. The van der Waals surface area contributed by atoms with E-state index in [4.69, 9.17) is 4.74 Å². The van der Waals surface area contributed by atoms with Gasteiger partial charge in [-0.05, 0) is 32.1 Å². The van der Waals surface area contributed by atoms with E-state index in [-0.39, 0.29) is 17.9 Å². The summed E-state index contributed by atoms with van der Waals surface area (Å²) in [6.07, 6.45) is 4.56. The zero-order chi connectivity index (χ0) is 12.1. The van der Waals surface area contributed by atoms with Crippen LogP contribution in [0, 0.1) is 5.92 Å². The van der Waals surface area contributed by atoms with Gasteiger partial charge in [-0.2, -0.15) is 0 Å². The Morgan fingerprint density at radius 3 is 2.62 bits per heavy atom. The molecular formula is C12H20N2O2. The molecule has 0 aliphatic heterocycles. The average molecular weight is 224 g/mol. The van der Waals surface area contributed by atoms with Gasteiger partial charge in [0.05, 0.1) is 13.0 Å². The number of esters is 1. The maximum absolute atomic E-state index is 11.7. The highest BCUT2D eigenvalue weighted by molar-refractivity contribution is 5.73. The zero-order valence-electron chi connectivity index (χ0n) is 10.4. The Bertz CT molecular complexity index is 320. The normalized spacial score (nSPS) is 14.8. The summed E-state index contributed by atoms with van der Waals surface area (Å²) in [5.74, 6) is -0.279. The van der Waals surface area contributed by atoms with Gasteiger partial charge in [0.1, 0.15) is 0 Å². The molecule has 2 unspecified atom stereocenters. The van der Waals surface area contributed by atoms with Gasteiger partial charge in [0.2, 0.25) is 0 Å². The van der Waals surface area contributed by atoms with Crippen molar-refractivity contribution >= 4 is 5.97 Å². The van der Waals surface area contributed by atoms with E-state index >= 15 is 0 Å². The molecular weight excluding hydrogens is 204 g/mol. The smallest absolute Gasteiger partial charge is 0.310 e. The summed E-state index contributed by atoms with van der Waals surface area (Å²) in [5.41, 5.74) is 1.11. The third kappa shape index (κ3) is 2.64. The van der Waals surface area contributed by atoms with Gasteiger partial charge in [0, 0.05) is 18.4 Å². The SMILES string of the molecule is CCC(C(=O)OC)C(c1cc[nH]c1)N(C)C. The first-order chi connectivity index (χ1) is 7.61. The lowest BCUT2D eigenvalue weighted by atomic mass is 9.91. The van der Waals surface area contributed by atoms with Gasteiger partial charge in [0.15, 0.2) is 0 Å². The van der Waals surface area contributed by atoms with Crippen molar-refractivity contribution in [1.29, 1.82) is 0 Å². The highest BCUT2D eigenvalue weighted by atomic mass is 16.5. The molecule has 0 aromatic carbocycles. The molecule has 0 radical (unpaired) electrons. The third-order valence-electron chi connectivity index (χ3n) is 2.84. The molecule has 4 heteroatoms. The lowest BCUT2D eigenvalue weighted by molar-refractivity contribution is -0.148. The van der Waals surface area contributed by atoms with Crippen LogP contribution in [0.3, 0.4) is 0 Å². The van der Waals surface area contributed by atoms with E-state index in [0.29, 0.717) is 0 Å². The Hall–Kier alpha value is -1.29. The Balaban J connectivity index is 2.96. The standard InChI is InChI=1S/C12H20N2O2/c1-5-10(12(15)16-4)11(14(2)3)9-6-7-13-8-9/h6-8,10-11,13H,5H2,1-4H3. The first-order valence-electron chi connectivity index (χ1n) is 5.48. The molecule has 0 aliphatic rings. The number of nitrogens with zero attached hydrogens (tertiary/aromatic N) is 1. The topological polar surface area (TPSA) is 45.3 Å². The molecule has 1 aromatic rings. The predicted molar refractivity (Wildman–Crippen MR) is 63.0 cm³/mol. The Kier molecular flexibility index (Phi) is 4.55. The van der Waals surface area contributed by atoms with E-state index < -0.39 is 0 Å². The van der Waals surface area contributed by atoms with Crippen LogP contribution in [0.1, 0.15) is 24.9 Å². The maximum Gasteiger partial charge on any atom is 0.310 e. The zero-order valence-corrected chi connectivity index (χ0v) is 10.4. The highest BCUT2D eigenvalue weighted by Gasteiger charge is 2.30. The molecule has 1 heterocycles. The number of carbonyl (C=O) groups is 1. The number of hydrogen-bond donors (Lipinski definition) is 1. The first kappa shape index (κ1) is 12.8. The summed E-state index contributed by atoms with van der Waals surface area (Å²) < 4.78 is 4.86. The van der Waals surface area contributed by atoms with Gasteiger partial charge in [-0.3, -0.25) is 4.79 Å². The molecule has 90 valence electrons. The number of aromatic amines is 1. The van der Waals surface area contributed by atoms with Crippen LogP contribution in [-0.2, 0) is 9.53 Å². The average Bonchev–Trinajstić information content (AvgIpc) is 2.77. The van der Waals surface area contributed by atoms with Crippen LogP contribution < -0.4 is 0 Å². The molecule has 4 nitrogen and oxygen atoms in total. The van der Waals surface area contributed by atoms with Crippen LogP contribution in [0.4, 0.5) is 0 Å². The van der Waals surface area contributed by atoms with Crippen LogP contribution in [-0.4, -0.2) is 37.1 Å². The number of nitrogens with one attached hydrogen (secondary N) is 1. The van der Waals surface area contributed by atoms with Crippen molar-refractivity contribution in [2.75, 3.05) is 21.2 Å². The Morgan fingerprint density at radius 1 is 1.56 bits per heavy atom. The molecule has 2 atom stereocenters. The van der Waals surface area contributed by atoms with Crippen molar-refractivity contribution in [2.24, 2.45) is 5.92 Å². The van der Waals surface area contributed by atoms with Crippen LogP contribution in [0.15, 0.2) is 18.5 Å². The van der Waals surface area contributed by atoms with E-state index in [1.807, 2.05) is 44.4 Å². The van der Waals surface area contributed by atoms with E-state index in [1.165, 1.54) is 7.11 Å². The second-order valence-electron chi connectivity index (χ2n) is 4.09. The summed E-state index contributed by atoms with van der Waals surface area (Å²) in [4.78, 5) is 16.8. The van der Waals surface area contributed by atoms with E-state index in [1.54, 1.807) is 0 Å². The Labute approximate surface area is 96.6 Å². The number of methoxy groups -OCH3 is 1. The van der Waals surface area contributed by atoms with Gasteiger partial charge < -0.3 is 14.6 Å². The fraction of sp³-hybridized carbons (Fsp3) is 0.583. The summed E-state index contributed by atoms with van der Waals surface area (Å²) in [5, 5.41) is 0. The quantitative estimate of drug-likeness (QED) is 0.776. The van der Waals surface area contributed by atoms with Crippen LogP contribution in [0.25, 0.3) is 0 Å². The fourth-order valence-electron chi connectivity index (χ4n) is 2.08. The fourth-order valence-corrected chi connectivity index (χ4v) is 2.08. The number of H-pyrrole nitrogens is 1. The van der Waals surface area contributed by atoms with E-state index in [0.717, 1.165) is 12.0 Å². The Morgan fingerprint density at radius 2 is 2.25 bits per heavy atom. The van der Waals surface area contributed by atoms with Crippen molar-refractivity contribution in [1.82, 2.24) is 9.88 Å². The summed E-state index contributed by atoms with van der Waals surface area (Å²) >= 11 is 0. The van der Waals surface area contributed by atoms with E-state index in [9.17, 15) is 4.79 Å². The lowest BCUT2D eigenvalue weighted by Gasteiger charge is -2.29.